The maximum Gasteiger partial charge on any atom is 0.306 e. The van der Waals surface area contributed by atoms with Crippen LogP contribution in [0, 0.1) is 17.8 Å². The van der Waals surface area contributed by atoms with Crippen LogP contribution < -0.4 is 0 Å². The zero-order valence-corrected chi connectivity index (χ0v) is 10.7. The summed E-state index contributed by atoms with van der Waals surface area (Å²) in [7, 11) is 1.81. The molecule has 0 aliphatic heterocycles. The molecule has 98 valence electrons. The van der Waals surface area contributed by atoms with Crippen molar-refractivity contribution < 1.29 is 14.6 Å². The Hall–Kier alpha value is -0.570. The average molecular weight is 240 g/mol. The van der Waals surface area contributed by atoms with E-state index >= 15 is 0 Å². The van der Waals surface area contributed by atoms with Gasteiger partial charge in [-0.25, -0.2) is 0 Å². The monoisotopic (exact) mass is 240 g/mol. The van der Waals surface area contributed by atoms with E-state index in [1.165, 1.54) is 25.7 Å². The molecule has 0 aromatic heterocycles. The molecule has 1 N–H and O–H groups in total. The van der Waals surface area contributed by atoms with Gasteiger partial charge in [0.15, 0.2) is 0 Å². The Morgan fingerprint density at radius 1 is 0.941 bits per heavy atom. The highest BCUT2D eigenvalue weighted by atomic mass is 16.5. The van der Waals surface area contributed by atoms with Crippen LogP contribution in [-0.4, -0.2) is 24.3 Å². The first kappa shape index (κ1) is 12.9. The highest BCUT2D eigenvalue weighted by Gasteiger charge is 2.32. The summed E-state index contributed by atoms with van der Waals surface area (Å²) in [6.45, 7) is 0. The second-order valence-electron chi connectivity index (χ2n) is 5.72. The summed E-state index contributed by atoms with van der Waals surface area (Å²) in [4.78, 5) is 10.9. The zero-order valence-electron chi connectivity index (χ0n) is 10.7. The van der Waals surface area contributed by atoms with Gasteiger partial charge in [0.1, 0.15) is 0 Å². The molecule has 2 fully saturated rings. The van der Waals surface area contributed by atoms with Crippen LogP contribution in [0.4, 0.5) is 0 Å². The van der Waals surface area contributed by atoms with Crippen molar-refractivity contribution in [2.45, 2.75) is 57.5 Å². The lowest BCUT2D eigenvalue weighted by Gasteiger charge is -2.36. The van der Waals surface area contributed by atoms with Crippen LogP contribution in [0.1, 0.15) is 51.4 Å². The molecule has 2 rings (SSSR count). The molecule has 17 heavy (non-hydrogen) atoms. The van der Waals surface area contributed by atoms with Gasteiger partial charge in [0.05, 0.1) is 12.0 Å². The van der Waals surface area contributed by atoms with Crippen molar-refractivity contribution in [1.82, 2.24) is 0 Å². The number of ether oxygens (including phenoxy) is 1. The molecule has 0 radical (unpaired) electrons. The molecule has 0 bridgehead atoms. The molecule has 0 aromatic carbocycles. The fraction of sp³-hybridized carbons (Fsp3) is 0.929. The molecule has 2 aliphatic carbocycles. The van der Waals surface area contributed by atoms with Crippen LogP contribution in [0.2, 0.25) is 0 Å². The van der Waals surface area contributed by atoms with Crippen LogP contribution in [-0.2, 0) is 9.53 Å². The third-order valence-corrected chi connectivity index (χ3v) is 4.84. The number of carbonyl (C=O) groups is 1. The number of hydrogen-bond donors (Lipinski definition) is 1. The molecule has 0 atom stereocenters. The Morgan fingerprint density at radius 3 is 1.82 bits per heavy atom. The van der Waals surface area contributed by atoms with Gasteiger partial charge < -0.3 is 9.84 Å². The molecule has 0 spiro atoms. The average Bonchev–Trinajstić information content (AvgIpc) is 2.39. The van der Waals surface area contributed by atoms with Gasteiger partial charge in [0.2, 0.25) is 0 Å². The van der Waals surface area contributed by atoms with Crippen LogP contribution >= 0.6 is 0 Å². The number of carboxylic acids is 1. The standard InChI is InChI=1S/C14H24O3/c1-17-13-8-6-11(7-9-13)10-2-4-12(5-3-10)14(15)16/h10-13H,2-9H2,1H3,(H,15,16). The molecule has 3 heteroatoms. The van der Waals surface area contributed by atoms with E-state index in [-0.39, 0.29) is 5.92 Å². The third kappa shape index (κ3) is 3.21. The van der Waals surface area contributed by atoms with Gasteiger partial charge in [0.25, 0.3) is 0 Å². The molecule has 2 aliphatic rings. The molecule has 3 nitrogen and oxygen atoms in total. The fourth-order valence-electron chi connectivity index (χ4n) is 3.63. The minimum atomic E-state index is -0.591. The molecule has 2 saturated carbocycles. The van der Waals surface area contributed by atoms with Gasteiger partial charge in [-0.15, -0.1) is 0 Å². The predicted molar refractivity (Wildman–Crippen MR) is 65.8 cm³/mol. The largest absolute Gasteiger partial charge is 0.481 e. The van der Waals surface area contributed by atoms with Gasteiger partial charge >= 0.3 is 5.97 Å². The predicted octanol–water partition coefficient (Wildman–Crippen LogP) is 3.08. The quantitative estimate of drug-likeness (QED) is 0.824. The van der Waals surface area contributed by atoms with Crippen molar-refractivity contribution in [2.24, 2.45) is 17.8 Å². The van der Waals surface area contributed by atoms with Gasteiger partial charge in [-0.3, -0.25) is 4.79 Å². The first-order valence-electron chi connectivity index (χ1n) is 6.96. The molecule has 0 saturated heterocycles. The minimum Gasteiger partial charge on any atom is -0.481 e. The second kappa shape index (κ2) is 5.85. The highest BCUT2D eigenvalue weighted by molar-refractivity contribution is 5.69. The van der Waals surface area contributed by atoms with E-state index in [9.17, 15) is 4.79 Å². The first-order chi connectivity index (χ1) is 8.20. The zero-order chi connectivity index (χ0) is 12.3. The van der Waals surface area contributed by atoms with Crippen LogP contribution in [0.15, 0.2) is 0 Å². The van der Waals surface area contributed by atoms with Crippen molar-refractivity contribution in [3.63, 3.8) is 0 Å². The number of methoxy groups -OCH3 is 1. The summed E-state index contributed by atoms with van der Waals surface area (Å²) in [6.07, 6.45) is 9.45. The molecular formula is C14H24O3. The van der Waals surface area contributed by atoms with E-state index in [0.29, 0.717) is 6.10 Å². The summed E-state index contributed by atoms with van der Waals surface area (Å²) in [5.74, 6) is 0.952. The van der Waals surface area contributed by atoms with Gasteiger partial charge in [0, 0.05) is 7.11 Å². The van der Waals surface area contributed by atoms with Crippen molar-refractivity contribution in [3.8, 4) is 0 Å². The van der Waals surface area contributed by atoms with Crippen molar-refractivity contribution in [3.05, 3.63) is 0 Å². The Bertz CT molecular complexity index is 248. The van der Waals surface area contributed by atoms with E-state index in [4.69, 9.17) is 9.84 Å². The molecule has 0 aromatic rings. The van der Waals surface area contributed by atoms with Crippen molar-refractivity contribution >= 4 is 5.97 Å². The minimum absolute atomic E-state index is 0.0680. The third-order valence-electron chi connectivity index (χ3n) is 4.84. The van der Waals surface area contributed by atoms with Crippen LogP contribution in [0.5, 0.6) is 0 Å². The number of hydrogen-bond acceptors (Lipinski definition) is 2. The molecule has 0 unspecified atom stereocenters. The van der Waals surface area contributed by atoms with Gasteiger partial charge in [-0.05, 0) is 63.2 Å². The molecule has 0 amide bonds. The van der Waals surface area contributed by atoms with Crippen LogP contribution in [0.3, 0.4) is 0 Å². The topological polar surface area (TPSA) is 46.5 Å². The lowest BCUT2D eigenvalue weighted by atomic mass is 9.70. The highest BCUT2D eigenvalue weighted by Crippen LogP contribution is 2.40. The Morgan fingerprint density at radius 2 is 1.41 bits per heavy atom. The maximum atomic E-state index is 10.9. The van der Waals surface area contributed by atoms with Crippen molar-refractivity contribution in [2.75, 3.05) is 7.11 Å². The number of rotatable bonds is 3. The normalized spacial score (nSPS) is 38.9. The lowest BCUT2D eigenvalue weighted by Crippen LogP contribution is -2.29. The summed E-state index contributed by atoms with van der Waals surface area (Å²) in [6, 6.07) is 0. The Kier molecular flexibility index (Phi) is 4.43. The Labute approximate surface area is 104 Å². The molecular weight excluding hydrogens is 216 g/mol. The molecule has 0 heterocycles. The van der Waals surface area contributed by atoms with E-state index in [1.807, 2.05) is 7.11 Å². The maximum absolute atomic E-state index is 10.9. The number of aliphatic carboxylic acids is 1. The van der Waals surface area contributed by atoms with E-state index in [2.05, 4.69) is 0 Å². The summed E-state index contributed by atoms with van der Waals surface area (Å²) < 4.78 is 5.40. The summed E-state index contributed by atoms with van der Waals surface area (Å²) in [5, 5.41) is 8.98. The smallest absolute Gasteiger partial charge is 0.306 e. The second-order valence-corrected chi connectivity index (χ2v) is 5.72. The van der Waals surface area contributed by atoms with E-state index in [0.717, 1.165) is 37.5 Å². The van der Waals surface area contributed by atoms with Gasteiger partial charge in [-0.1, -0.05) is 0 Å². The van der Waals surface area contributed by atoms with E-state index in [1.54, 1.807) is 0 Å². The SMILES string of the molecule is COC1CCC(C2CCC(C(=O)O)CC2)CC1. The van der Waals surface area contributed by atoms with Crippen LogP contribution in [0.25, 0.3) is 0 Å². The van der Waals surface area contributed by atoms with Gasteiger partial charge in [-0.2, -0.15) is 0 Å². The van der Waals surface area contributed by atoms with E-state index < -0.39 is 5.97 Å². The first-order valence-corrected chi connectivity index (χ1v) is 6.96. The lowest BCUT2D eigenvalue weighted by molar-refractivity contribution is -0.143. The fourth-order valence-corrected chi connectivity index (χ4v) is 3.63. The Balaban J connectivity index is 1.76. The summed E-state index contributed by atoms with van der Waals surface area (Å²) >= 11 is 0. The number of carboxylic acid groups (broad SMARTS) is 1. The summed E-state index contributed by atoms with van der Waals surface area (Å²) in [5.41, 5.74) is 0. The van der Waals surface area contributed by atoms with Crippen molar-refractivity contribution in [1.29, 1.82) is 0 Å².